The molecule has 0 aliphatic rings. The lowest BCUT2D eigenvalue weighted by Crippen LogP contribution is -2.32. The standard InChI is InChI=1S/C18H24BrN3O/c1-4-9-22(18(23)10-13(2)3)12-17-20-11-16(21-17)14-5-7-15(19)8-6-14/h5-8,11,13H,4,9-10,12H2,1-3H3,(H,20,21). The van der Waals surface area contributed by atoms with Gasteiger partial charge in [0.1, 0.15) is 5.82 Å². The first kappa shape index (κ1) is 17.7. The van der Waals surface area contributed by atoms with E-state index in [1.54, 1.807) is 0 Å². The van der Waals surface area contributed by atoms with Crippen molar-refractivity contribution in [1.82, 2.24) is 14.9 Å². The van der Waals surface area contributed by atoms with Gasteiger partial charge in [-0.05, 0) is 30.0 Å². The largest absolute Gasteiger partial charge is 0.341 e. The van der Waals surface area contributed by atoms with E-state index in [0.29, 0.717) is 18.9 Å². The van der Waals surface area contributed by atoms with Crippen LogP contribution in [-0.4, -0.2) is 27.3 Å². The van der Waals surface area contributed by atoms with E-state index in [-0.39, 0.29) is 5.91 Å². The van der Waals surface area contributed by atoms with Crippen molar-refractivity contribution < 1.29 is 4.79 Å². The maximum absolute atomic E-state index is 12.3. The van der Waals surface area contributed by atoms with Gasteiger partial charge in [-0.2, -0.15) is 0 Å². The van der Waals surface area contributed by atoms with Gasteiger partial charge in [-0.15, -0.1) is 0 Å². The second-order valence-corrected chi connectivity index (χ2v) is 7.08. The molecule has 0 fully saturated rings. The van der Waals surface area contributed by atoms with Gasteiger partial charge in [-0.3, -0.25) is 4.79 Å². The fraction of sp³-hybridized carbons (Fsp3) is 0.444. The van der Waals surface area contributed by atoms with Crippen LogP contribution in [-0.2, 0) is 11.3 Å². The Morgan fingerprint density at radius 2 is 2.00 bits per heavy atom. The van der Waals surface area contributed by atoms with E-state index in [9.17, 15) is 4.79 Å². The summed E-state index contributed by atoms with van der Waals surface area (Å²) in [4.78, 5) is 22.0. The number of nitrogens with one attached hydrogen (secondary N) is 1. The Balaban J connectivity index is 2.09. The molecule has 2 rings (SSSR count). The van der Waals surface area contributed by atoms with Crippen LogP contribution in [0.5, 0.6) is 0 Å². The second kappa shape index (κ2) is 8.29. The monoisotopic (exact) mass is 377 g/mol. The van der Waals surface area contributed by atoms with Crippen molar-refractivity contribution in [3.63, 3.8) is 0 Å². The number of amides is 1. The second-order valence-electron chi connectivity index (χ2n) is 6.16. The summed E-state index contributed by atoms with van der Waals surface area (Å²) in [6, 6.07) is 8.08. The van der Waals surface area contributed by atoms with Crippen LogP contribution in [0.15, 0.2) is 34.9 Å². The van der Waals surface area contributed by atoms with Crippen LogP contribution in [0.2, 0.25) is 0 Å². The van der Waals surface area contributed by atoms with E-state index in [1.165, 1.54) is 0 Å². The summed E-state index contributed by atoms with van der Waals surface area (Å²) < 4.78 is 1.05. The molecule has 4 nitrogen and oxygen atoms in total. The predicted molar refractivity (Wildman–Crippen MR) is 96.9 cm³/mol. The van der Waals surface area contributed by atoms with Crippen LogP contribution in [0.25, 0.3) is 11.3 Å². The number of hydrogen-bond acceptors (Lipinski definition) is 2. The first-order valence-corrected chi connectivity index (χ1v) is 8.86. The summed E-state index contributed by atoms with van der Waals surface area (Å²) in [5.41, 5.74) is 2.06. The first-order valence-electron chi connectivity index (χ1n) is 8.07. The molecular formula is C18H24BrN3O. The Hall–Kier alpha value is -1.62. The summed E-state index contributed by atoms with van der Waals surface area (Å²) in [5, 5.41) is 0. The smallest absolute Gasteiger partial charge is 0.223 e. The van der Waals surface area contributed by atoms with E-state index in [0.717, 1.165) is 34.5 Å². The third kappa shape index (κ3) is 5.20. The van der Waals surface area contributed by atoms with E-state index >= 15 is 0 Å². The van der Waals surface area contributed by atoms with Gasteiger partial charge in [0.2, 0.25) is 5.91 Å². The average molecular weight is 378 g/mol. The zero-order chi connectivity index (χ0) is 16.8. The highest BCUT2D eigenvalue weighted by Gasteiger charge is 2.16. The molecule has 5 heteroatoms. The van der Waals surface area contributed by atoms with Gasteiger partial charge in [0, 0.05) is 17.4 Å². The number of nitrogens with zero attached hydrogens (tertiary/aromatic N) is 2. The molecule has 0 bridgehead atoms. The highest BCUT2D eigenvalue weighted by Crippen LogP contribution is 2.20. The number of aromatic amines is 1. The molecule has 0 unspecified atom stereocenters. The van der Waals surface area contributed by atoms with Crippen molar-refractivity contribution in [3.05, 3.63) is 40.8 Å². The Morgan fingerprint density at radius 3 is 2.61 bits per heavy atom. The van der Waals surface area contributed by atoms with Gasteiger partial charge in [0.15, 0.2) is 0 Å². The van der Waals surface area contributed by atoms with Gasteiger partial charge < -0.3 is 9.88 Å². The van der Waals surface area contributed by atoms with Crippen LogP contribution in [0.4, 0.5) is 0 Å². The van der Waals surface area contributed by atoms with E-state index in [1.807, 2.05) is 35.4 Å². The maximum atomic E-state index is 12.3. The fourth-order valence-corrected chi connectivity index (χ4v) is 2.70. The molecule has 1 amide bonds. The van der Waals surface area contributed by atoms with Crippen LogP contribution in [0, 0.1) is 5.92 Å². The van der Waals surface area contributed by atoms with Crippen molar-refractivity contribution in [2.45, 2.75) is 40.2 Å². The number of carbonyl (C=O) groups excluding carboxylic acids is 1. The molecule has 0 atom stereocenters. The fourth-order valence-electron chi connectivity index (χ4n) is 2.44. The molecule has 1 aromatic carbocycles. The van der Waals surface area contributed by atoms with E-state index in [4.69, 9.17) is 0 Å². The summed E-state index contributed by atoms with van der Waals surface area (Å²) in [6.45, 7) is 7.53. The average Bonchev–Trinajstić information content (AvgIpc) is 2.95. The van der Waals surface area contributed by atoms with Gasteiger partial charge in [-0.25, -0.2) is 4.98 Å². The number of H-pyrrole nitrogens is 1. The third-order valence-corrected chi connectivity index (χ3v) is 4.08. The highest BCUT2D eigenvalue weighted by atomic mass is 79.9. The predicted octanol–water partition coefficient (Wildman–Crippen LogP) is 4.62. The zero-order valence-corrected chi connectivity index (χ0v) is 15.6. The van der Waals surface area contributed by atoms with Crippen molar-refractivity contribution in [1.29, 1.82) is 0 Å². The minimum Gasteiger partial charge on any atom is -0.341 e. The summed E-state index contributed by atoms with van der Waals surface area (Å²) in [6.07, 6.45) is 3.36. The molecule has 1 aromatic heterocycles. The molecule has 23 heavy (non-hydrogen) atoms. The molecule has 0 spiro atoms. The number of carbonyl (C=O) groups is 1. The number of imidazole rings is 1. The molecule has 0 saturated carbocycles. The first-order chi connectivity index (χ1) is 11.0. The number of rotatable bonds is 7. The van der Waals surface area contributed by atoms with Crippen molar-refractivity contribution in [2.75, 3.05) is 6.54 Å². The van der Waals surface area contributed by atoms with Gasteiger partial charge in [0.25, 0.3) is 0 Å². The molecule has 1 N–H and O–H groups in total. The van der Waals surface area contributed by atoms with Gasteiger partial charge in [0.05, 0.1) is 18.4 Å². The molecule has 0 saturated heterocycles. The number of halogens is 1. The summed E-state index contributed by atoms with van der Waals surface area (Å²) in [5.74, 6) is 1.40. The van der Waals surface area contributed by atoms with Gasteiger partial charge >= 0.3 is 0 Å². The Morgan fingerprint density at radius 1 is 1.30 bits per heavy atom. The van der Waals surface area contributed by atoms with Crippen LogP contribution >= 0.6 is 15.9 Å². The topological polar surface area (TPSA) is 49.0 Å². The summed E-state index contributed by atoms with van der Waals surface area (Å²) in [7, 11) is 0. The number of aromatic nitrogens is 2. The molecular weight excluding hydrogens is 354 g/mol. The molecule has 2 aromatic rings. The Kier molecular flexibility index (Phi) is 6.39. The third-order valence-electron chi connectivity index (χ3n) is 3.55. The van der Waals surface area contributed by atoms with E-state index in [2.05, 4.69) is 46.7 Å². The highest BCUT2D eigenvalue weighted by molar-refractivity contribution is 9.10. The minimum absolute atomic E-state index is 0.198. The lowest BCUT2D eigenvalue weighted by Gasteiger charge is -2.22. The summed E-state index contributed by atoms with van der Waals surface area (Å²) >= 11 is 3.44. The van der Waals surface area contributed by atoms with Crippen molar-refractivity contribution >= 4 is 21.8 Å². The van der Waals surface area contributed by atoms with Crippen LogP contribution in [0.3, 0.4) is 0 Å². The number of hydrogen-bond donors (Lipinski definition) is 1. The molecule has 0 aliphatic heterocycles. The lowest BCUT2D eigenvalue weighted by atomic mass is 10.1. The molecule has 124 valence electrons. The quantitative estimate of drug-likeness (QED) is 0.764. The Bertz CT molecular complexity index is 634. The number of benzene rings is 1. The van der Waals surface area contributed by atoms with Crippen LogP contribution < -0.4 is 0 Å². The van der Waals surface area contributed by atoms with Crippen molar-refractivity contribution in [3.8, 4) is 11.3 Å². The minimum atomic E-state index is 0.198. The zero-order valence-electron chi connectivity index (χ0n) is 14.0. The van der Waals surface area contributed by atoms with E-state index < -0.39 is 0 Å². The molecule has 0 radical (unpaired) electrons. The molecule has 0 aliphatic carbocycles. The van der Waals surface area contributed by atoms with Crippen LogP contribution in [0.1, 0.15) is 39.4 Å². The molecule has 1 heterocycles. The lowest BCUT2D eigenvalue weighted by molar-refractivity contribution is -0.132. The Labute approximate surface area is 146 Å². The van der Waals surface area contributed by atoms with Gasteiger partial charge in [-0.1, -0.05) is 48.8 Å². The maximum Gasteiger partial charge on any atom is 0.223 e. The SMILES string of the molecule is CCCN(Cc1ncc(-c2ccc(Br)cc2)[nH]1)C(=O)CC(C)C. The van der Waals surface area contributed by atoms with Crippen molar-refractivity contribution in [2.24, 2.45) is 5.92 Å². The normalized spacial score (nSPS) is 11.0.